The predicted molar refractivity (Wildman–Crippen MR) is 75.7 cm³/mol. The van der Waals surface area contributed by atoms with Crippen LogP contribution in [0.5, 0.6) is 0 Å². The van der Waals surface area contributed by atoms with Gasteiger partial charge in [-0.25, -0.2) is 15.0 Å². The Morgan fingerprint density at radius 1 is 1.23 bits per heavy atom. The maximum absolute atomic E-state index is 9.98. The summed E-state index contributed by atoms with van der Waals surface area (Å²) < 4.78 is 5.39. The number of H-pyrrole nitrogens is 1. The summed E-state index contributed by atoms with van der Waals surface area (Å²) in [5.74, 6) is 0.234. The fourth-order valence-electron chi connectivity index (χ4n) is 2.16. The smallest absolute Gasteiger partial charge is 0.183 e. The Hall–Kier alpha value is -1.50. The number of rotatable bonds is 3. The summed E-state index contributed by atoms with van der Waals surface area (Å²) in [6.45, 7) is -0.486. The minimum Gasteiger partial charge on any atom is -0.394 e. The Morgan fingerprint density at radius 3 is 2.68 bits per heavy atom. The number of aromatic nitrogens is 4. The molecular weight excluding hydrogens is 314 g/mol. The van der Waals surface area contributed by atoms with Gasteiger partial charge in [0.15, 0.2) is 16.6 Å². The average molecular weight is 329 g/mol. The summed E-state index contributed by atoms with van der Waals surface area (Å²) in [6.07, 6.45) is -3.86. The molecule has 0 saturated carbocycles. The number of nitrogens with two attached hydrogens (primary N) is 1. The second kappa shape index (κ2) is 5.95. The van der Waals surface area contributed by atoms with Gasteiger partial charge >= 0.3 is 0 Å². The number of aliphatic hydroxyl groups is 4. The van der Waals surface area contributed by atoms with E-state index in [-0.39, 0.29) is 5.82 Å². The maximum Gasteiger partial charge on any atom is 0.183 e. The van der Waals surface area contributed by atoms with Crippen molar-refractivity contribution in [1.29, 1.82) is 0 Å². The van der Waals surface area contributed by atoms with Crippen molar-refractivity contribution in [2.75, 3.05) is 12.3 Å². The molecule has 0 spiro atoms. The SMILES string of the molecule is Nc1ncnc2nc(S[C@@H]3O[C@@H](CO)[C@@H](O)[C@@H](O)[C@H]3O)[nH]c12. The van der Waals surface area contributed by atoms with E-state index in [0.717, 1.165) is 11.8 Å². The van der Waals surface area contributed by atoms with Crippen molar-refractivity contribution < 1.29 is 25.2 Å². The molecule has 2 aromatic rings. The second-order valence-electron chi connectivity index (χ2n) is 4.81. The molecule has 0 amide bonds. The van der Waals surface area contributed by atoms with E-state index < -0.39 is 36.5 Å². The summed E-state index contributed by atoms with van der Waals surface area (Å²) in [5.41, 5.74) is 5.58. The maximum atomic E-state index is 9.98. The number of hydrogen-bond acceptors (Lipinski definition) is 10. The number of fused-ring (bicyclic) bond motifs is 1. The Labute approximate surface area is 128 Å². The third kappa shape index (κ3) is 2.62. The molecule has 22 heavy (non-hydrogen) atoms. The molecule has 1 fully saturated rings. The molecule has 0 bridgehead atoms. The van der Waals surface area contributed by atoms with Crippen LogP contribution in [-0.2, 0) is 4.74 Å². The molecule has 7 N–H and O–H groups in total. The summed E-state index contributed by atoms with van der Waals surface area (Å²) in [4.78, 5) is 14.9. The first kappa shape index (κ1) is 15.4. The van der Waals surface area contributed by atoms with Gasteiger partial charge in [-0.2, -0.15) is 0 Å². The van der Waals surface area contributed by atoms with Crippen LogP contribution in [0.2, 0.25) is 0 Å². The molecule has 0 aromatic carbocycles. The molecule has 3 rings (SSSR count). The van der Waals surface area contributed by atoms with Gasteiger partial charge in [0.05, 0.1) is 6.61 Å². The number of imidazole rings is 1. The standard InChI is InChI=1S/C11H15N5O5S/c12-8-4-9(14-2-13-8)16-11(15-4)22-10-7(20)6(19)5(18)3(1-17)21-10/h2-3,5-7,10,17-20H,1H2,(H3,12,13,14,15,16)/t3-,5+,6+,7+,10-/m0/s1. The number of anilines is 1. The van der Waals surface area contributed by atoms with E-state index in [1.165, 1.54) is 6.33 Å². The first-order chi connectivity index (χ1) is 10.5. The molecule has 120 valence electrons. The van der Waals surface area contributed by atoms with E-state index in [9.17, 15) is 15.3 Å². The number of thioether (sulfide) groups is 1. The highest BCUT2D eigenvalue weighted by Gasteiger charge is 2.44. The Balaban J connectivity index is 1.82. The number of ether oxygens (including phenoxy) is 1. The van der Waals surface area contributed by atoms with Crippen LogP contribution >= 0.6 is 11.8 Å². The molecule has 0 aliphatic carbocycles. The lowest BCUT2D eigenvalue weighted by Crippen LogP contribution is -2.57. The summed E-state index contributed by atoms with van der Waals surface area (Å²) in [6, 6.07) is 0. The lowest BCUT2D eigenvalue weighted by Gasteiger charge is -2.39. The van der Waals surface area contributed by atoms with Crippen LogP contribution in [0.1, 0.15) is 0 Å². The monoisotopic (exact) mass is 329 g/mol. The van der Waals surface area contributed by atoms with Gasteiger partial charge in [-0.15, -0.1) is 0 Å². The first-order valence-corrected chi connectivity index (χ1v) is 7.32. The molecule has 1 saturated heterocycles. The molecule has 0 radical (unpaired) electrons. The molecule has 10 nitrogen and oxygen atoms in total. The molecular formula is C11H15N5O5S. The fourth-order valence-corrected chi connectivity index (χ4v) is 3.17. The highest BCUT2D eigenvalue weighted by molar-refractivity contribution is 7.99. The van der Waals surface area contributed by atoms with Gasteiger partial charge in [0.1, 0.15) is 41.7 Å². The van der Waals surface area contributed by atoms with Crippen LogP contribution in [-0.4, -0.2) is 76.8 Å². The first-order valence-electron chi connectivity index (χ1n) is 6.44. The molecule has 2 aromatic heterocycles. The zero-order chi connectivity index (χ0) is 15.9. The zero-order valence-corrected chi connectivity index (χ0v) is 12.0. The molecule has 11 heteroatoms. The molecule has 3 heterocycles. The van der Waals surface area contributed by atoms with Gasteiger partial charge in [0.25, 0.3) is 0 Å². The third-order valence-corrected chi connectivity index (χ3v) is 4.41. The predicted octanol–water partition coefficient (Wildman–Crippen LogP) is -2.17. The molecule has 0 unspecified atom stereocenters. The number of aliphatic hydroxyl groups excluding tert-OH is 4. The van der Waals surface area contributed by atoms with Gasteiger partial charge in [0.2, 0.25) is 0 Å². The largest absolute Gasteiger partial charge is 0.394 e. The number of aromatic amines is 1. The lowest BCUT2D eigenvalue weighted by molar-refractivity contribution is -0.205. The minimum absolute atomic E-state index is 0.234. The third-order valence-electron chi connectivity index (χ3n) is 3.37. The van der Waals surface area contributed by atoms with Crippen molar-refractivity contribution in [2.45, 2.75) is 35.0 Å². The van der Waals surface area contributed by atoms with Crippen LogP contribution in [0.25, 0.3) is 11.2 Å². The van der Waals surface area contributed by atoms with Crippen LogP contribution in [0.4, 0.5) is 5.82 Å². The Morgan fingerprint density at radius 2 is 2.00 bits per heavy atom. The van der Waals surface area contributed by atoms with Crippen molar-refractivity contribution in [3.05, 3.63) is 6.33 Å². The van der Waals surface area contributed by atoms with Crippen LogP contribution in [0.3, 0.4) is 0 Å². The van der Waals surface area contributed by atoms with E-state index in [1.54, 1.807) is 0 Å². The zero-order valence-electron chi connectivity index (χ0n) is 11.2. The molecule has 1 aliphatic heterocycles. The van der Waals surface area contributed by atoms with Gasteiger partial charge < -0.3 is 35.9 Å². The van der Waals surface area contributed by atoms with Gasteiger partial charge in [0, 0.05) is 0 Å². The lowest BCUT2D eigenvalue weighted by atomic mass is 10.0. The summed E-state index contributed by atoms with van der Waals surface area (Å²) in [5, 5.41) is 39.0. The normalized spacial score (nSPS) is 32.5. The Bertz CT molecular complexity index is 667. The van der Waals surface area contributed by atoms with Crippen LogP contribution < -0.4 is 5.73 Å². The quantitative estimate of drug-likeness (QED) is 0.364. The summed E-state index contributed by atoms with van der Waals surface area (Å²) >= 11 is 0.988. The van der Waals surface area contributed by atoms with Gasteiger partial charge in [-0.1, -0.05) is 11.8 Å². The van der Waals surface area contributed by atoms with E-state index >= 15 is 0 Å². The van der Waals surface area contributed by atoms with E-state index in [4.69, 9.17) is 15.6 Å². The summed E-state index contributed by atoms with van der Waals surface area (Å²) in [7, 11) is 0. The minimum atomic E-state index is -1.43. The van der Waals surface area contributed by atoms with Crippen molar-refractivity contribution in [3.8, 4) is 0 Å². The van der Waals surface area contributed by atoms with Crippen molar-refractivity contribution >= 4 is 28.7 Å². The molecule has 1 aliphatic rings. The van der Waals surface area contributed by atoms with E-state index in [2.05, 4.69) is 19.9 Å². The van der Waals surface area contributed by atoms with Crippen LogP contribution in [0.15, 0.2) is 11.5 Å². The second-order valence-corrected chi connectivity index (χ2v) is 5.90. The van der Waals surface area contributed by atoms with Crippen LogP contribution in [0, 0.1) is 0 Å². The van der Waals surface area contributed by atoms with E-state index in [0.29, 0.717) is 16.3 Å². The number of nitrogen functional groups attached to an aromatic ring is 1. The molecule has 5 atom stereocenters. The Kier molecular flexibility index (Phi) is 4.16. The highest BCUT2D eigenvalue weighted by atomic mass is 32.2. The van der Waals surface area contributed by atoms with Gasteiger partial charge in [-0.3, -0.25) is 0 Å². The van der Waals surface area contributed by atoms with Crippen molar-refractivity contribution in [1.82, 2.24) is 19.9 Å². The van der Waals surface area contributed by atoms with Crippen molar-refractivity contribution in [2.24, 2.45) is 0 Å². The average Bonchev–Trinajstić information content (AvgIpc) is 2.92. The number of hydrogen-bond donors (Lipinski definition) is 6. The topological polar surface area (TPSA) is 171 Å². The van der Waals surface area contributed by atoms with Crippen molar-refractivity contribution in [3.63, 3.8) is 0 Å². The van der Waals surface area contributed by atoms with E-state index in [1.807, 2.05) is 0 Å². The fraction of sp³-hybridized carbons (Fsp3) is 0.545. The van der Waals surface area contributed by atoms with Gasteiger partial charge in [-0.05, 0) is 0 Å². The highest BCUT2D eigenvalue weighted by Crippen LogP contribution is 2.33. The number of nitrogens with one attached hydrogen (secondary N) is 1. The number of nitrogens with zero attached hydrogens (tertiary/aromatic N) is 3.